The lowest BCUT2D eigenvalue weighted by Crippen LogP contribution is -2.66. The van der Waals surface area contributed by atoms with Crippen LogP contribution >= 0.6 is 0 Å². The van der Waals surface area contributed by atoms with Crippen LogP contribution < -0.4 is 0 Å². The van der Waals surface area contributed by atoms with Gasteiger partial charge in [0.2, 0.25) is 0 Å². The lowest BCUT2D eigenvalue weighted by Gasteiger charge is -2.72. The minimum absolute atomic E-state index is 0.158. The summed E-state index contributed by atoms with van der Waals surface area (Å²) in [5.41, 5.74) is 0.687. The minimum Gasteiger partial charge on any atom is -0.390 e. The SMILES string of the molecule is CC(C)(O)C1CCC2(C)CCC3(C)C(CCC4C5(C)CCC(=O)C(C)(C)C5CCC43C)C12. The van der Waals surface area contributed by atoms with Gasteiger partial charge in [-0.3, -0.25) is 4.79 Å². The molecule has 0 bridgehead atoms. The molecule has 0 spiro atoms. The highest BCUT2D eigenvalue weighted by Crippen LogP contribution is 2.77. The highest BCUT2D eigenvalue weighted by Gasteiger charge is 2.70. The number of rotatable bonds is 1. The summed E-state index contributed by atoms with van der Waals surface area (Å²) in [6.45, 7) is 19.2. The number of aliphatic hydroxyl groups is 1. The van der Waals surface area contributed by atoms with Crippen LogP contribution in [0.15, 0.2) is 0 Å². The van der Waals surface area contributed by atoms with Gasteiger partial charge in [-0.25, -0.2) is 0 Å². The molecule has 0 aliphatic heterocycles. The van der Waals surface area contributed by atoms with Crippen molar-refractivity contribution in [1.29, 1.82) is 0 Å². The molecule has 182 valence electrons. The van der Waals surface area contributed by atoms with E-state index in [0.717, 1.165) is 24.7 Å². The van der Waals surface area contributed by atoms with Gasteiger partial charge in [0.1, 0.15) is 5.78 Å². The highest BCUT2D eigenvalue weighted by molar-refractivity contribution is 5.85. The fraction of sp³-hybridized carbons (Fsp3) is 0.967. The maximum absolute atomic E-state index is 12.9. The Balaban J connectivity index is 1.55. The summed E-state index contributed by atoms with van der Waals surface area (Å²) in [4.78, 5) is 12.9. The van der Waals surface area contributed by atoms with Crippen LogP contribution in [0.2, 0.25) is 0 Å². The molecule has 2 nitrogen and oxygen atoms in total. The standard InChI is InChI=1S/C30H50O2/c1-25(2)21-12-16-30(8)22(28(21,6)15-13-23(25)31)10-9-20-24-19(26(3,4)32)11-14-27(24,5)17-18-29(20,30)7/h19-22,24,32H,9-18H2,1-8H3. The van der Waals surface area contributed by atoms with Crippen LogP contribution in [0, 0.1) is 56.7 Å². The Morgan fingerprint density at radius 3 is 2.12 bits per heavy atom. The summed E-state index contributed by atoms with van der Waals surface area (Å²) < 4.78 is 0. The second-order valence-electron chi connectivity index (χ2n) is 15.3. The fourth-order valence-electron chi connectivity index (χ4n) is 11.5. The highest BCUT2D eigenvalue weighted by atomic mass is 16.3. The fourth-order valence-corrected chi connectivity index (χ4v) is 11.5. The van der Waals surface area contributed by atoms with E-state index >= 15 is 0 Å². The molecule has 9 atom stereocenters. The van der Waals surface area contributed by atoms with Crippen molar-refractivity contribution in [2.24, 2.45) is 56.7 Å². The molecule has 0 heterocycles. The Morgan fingerprint density at radius 1 is 0.781 bits per heavy atom. The van der Waals surface area contributed by atoms with Gasteiger partial charge in [0.05, 0.1) is 5.60 Å². The summed E-state index contributed by atoms with van der Waals surface area (Å²) >= 11 is 0. The van der Waals surface area contributed by atoms with E-state index in [9.17, 15) is 9.90 Å². The van der Waals surface area contributed by atoms with Crippen molar-refractivity contribution in [1.82, 2.24) is 0 Å². The van der Waals surface area contributed by atoms with E-state index in [4.69, 9.17) is 0 Å². The first-order valence-corrected chi connectivity index (χ1v) is 13.9. The lowest BCUT2D eigenvalue weighted by molar-refractivity contribution is -0.237. The van der Waals surface area contributed by atoms with E-state index in [1.54, 1.807) is 0 Å². The van der Waals surface area contributed by atoms with Crippen LogP contribution in [-0.4, -0.2) is 16.5 Å². The molecular formula is C30H50O2. The number of fused-ring (bicyclic) bond motifs is 7. The normalized spacial score (nSPS) is 54.9. The second-order valence-corrected chi connectivity index (χ2v) is 15.3. The quantitative estimate of drug-likeness (QED) is 0.458. The van der Waals surface area contributed by atoms with Crippen molar-refractivity contribution in [3.63, 3.8) is 0 Å². The third-order valence-corrected chi connectivity index (χ3v) is 13.5. The first-order chi connectivity index (χ1) is 14.6. The Bertz CT molecular complexity index is 806. The molecule has 5 saturated carbocycles. The Hall–Kier alpha value is -0.370. The Morgan fingerprint density at radius 2 is 1.47 bits per heavy atom. The third-order valence-electron chi connectivity index (χ3n) is 13.5. The smallest absolute Gasteiger partial charge is 0.138 e. The van der Waals surface area contributed by atoms with Crippen LogP contribution in [0.3, 0.4) is 0 Å². The zero-order chi connectivity index (χ0) is 23.5. The van der Waals surface area contributed by atoms with Gasteiger partial charge in [-0.05, 0) is 123 Å². The van der Waals surface area contributed by atoms with Gasteiger partial charge in [0.15, 0.2) is 0 Å². The minimum atomic E-state index is -0.574. The van der Waals surface area contributed by atoms with Gasteiger partial charge in [0, 0.05) is 11.8 Å². The molecule has 5 fully saturated rings. The first-order valence-electron chi connectivity index (χ1n) is 13.9. The molecule has 0 amide bonds. The van der Waals surface area contributed by atoms with Crippen molar-refractivity contribution in [3.05, 3.63) is 0 Å². The van der Waals surface area contributed by atoms with Crippen LogP contribution in [-0.2, 0) is 4.79 Å². The van der Waals surface area contributed by atoms with E-state index in [0.29, 0.717) is 45.2 Å². The summed E-state index contributed by atoms with van der Waals surface area (Å²) in [5.74, 6) is 3.62. The molecule has 5 aliphatic carbocycles. The molecule has 32 heavy (non-hydrogen) atoms. The summed E-state index contributed by atoms with van der Waals surface area (Å²) in [6.07, 6.45) is 12.3. The molecule has 2 heteroatoms. The zero-order valence-electron chi connectivity index (χ0n) is 22.3. The van der Waals surface area contributed by atoms with Crippen molar-refractivity contribution >= 4 is 5.78 Å². The molecule has 5 rings (SSSR count). The zero-order valence-corrected chi connectivity index (χ0v) is 22.3. The van der Waals surface area contributed by atoms with Crippen LogP contribution in [0.1, 0.15) is 120 Å². The van der Waals surface area contributed by atoms with Crippen LogP contribution in [0.25, 0.3) is 0 Å². The molecule has 0 aromatic carbocycles. The van der Waals surface area contributed by atoms with E-state index in [2.05, 4.69) is 55.4 Å². The van der Waals surface area contributed by atoms with Gasteiger partial charge >= 0.3 is 0 Å². The molecule has 0 radical (unpaired) electrons. The second kappa shape index (κ2) is 6.64. The van der Waals surface area contributed by atoms with Crippen molar-refractivity contribution in [3.8, 4) is 0 Å². The number of carbonyl (C=O) groups excluding carboxylic acids is 1. The predicted octanol–water partition coefficient (Wildman–Crippen LogP) is 7.43. The van der Waals surface area contributed by atoms with Crippen molar-refractivity contribution in [2.75, 3.05) is 0 Å². The van der Waals surface area contributed by atoms with E-state index in [1.165, 1.54) is 51.4 Å². The molecule has 0 aromatic heterocycles. The van der Waals surface area contributed by atoms with Crippen molar-refractivity contribution in [2.45, 2.75) is 125 Å². The Kier molecular flexibility index (Phi) is 4.85. The summed E-state index contributed by atoms with van der Waals surface area (Å²) in [6, 6.07) is 0. The molecule has 9 unspecified atom stereocenters. The maximum atomic E-state index is 12.9. The van der Waals surface area contributed by atoms with E-state index < -0.39 is 5.60 Å². The summed E-state index contributed by atoms with van der Waals surface area (Å²) in [7, 11) is 0. The number of carbonyl (C=O) groups is 1. The number of ketones is 1. The molecular weight excluding hydrogens is 392 g/mol. The van der Waals surface area contributed by atoms with Gasteiger partial charge in [-0.1, -0.05) is 41.5 Å². The van der Waals surface area contributed by atoms with Crippen LogP contribution in [0.5, 0.6) is 0 Å². The van der Waals surface area contributed by atoms with Gasteiger partial charge in [-0.2, -0.15) is 0 Å². The van der Waals surface area contributed by atoms with Gasteiger partial charge < -0.3 is 5.11 Å². The largest absolute Gasteiger partial charge is 0.390 e. The van der Waals surface area contributed by atoms with Gasteiger partial charge in [-0.15, -0.1) is 0 Å². The maximum Gasteiger partial charge on any atom is 0.138 e. The van der Waals surface area contributed by atoms with Crippen molar-refractivity contribution < 1.29 is 9.90 Å². The first kappa shape index (κ1) is 23.4. The third kappa shape index (κ3) is 2.71. The average Bonchev–Trinajstić information content (AvgIpc) is 3.04. The van der Waals surface area contributed by atoms with Gasteiger partial charge in [0.25, 0.3) is 0 Å². The molecule has 5 aliphatic rings. The van der Waals surface area contributed by atoms with Crippen LogP contribution in [0.4, 0.5) is 0 Å². The number of Topliss-reactive ketones (excluding diaryl/α,β-unsaturated/α-hetero) is 1. The predicted molar refractivity (Wildman–Crippen MR) is 131 cm³/mol. The topological polar surface area (TPSA) is 37.3 Å². The summed E-state index contributed by atoms with van der Waals surface area (Å²) in [5, 5.41) is 11.2. The Labute approximate surface area is 197 Å². The monoisotopic (exact) mass is 442 g/mol. The van der Waals surface area contributed by atoms with E-state index in [-0.39, 0.29) is 5.41 Å². The number of hydrogen-bond donors (Lipinski definition) is 1. The molecule has 0 aromatic rings. The molecule has 1 N–H and O–H groups in total. The molecule has 0 saturated heterocycles. The average molecular weight is 443 g/mol. The lowest BCUT2D eigenvalue weighted by atomic mass is 9.32. The van der Waals surface area contributed by atoms with E-state index in [1.807, 2.05) is 0 Å². The number of hydrogen-bond acceptors (Lipinski definition) is 2.